The smallest absolute Gasteiger partial charge is 0.245 e. The predicted octanol–water partition coefficient (Wildman–Crippen LogP) is 4.24. The maximum Gasteiger partial charge on any atom is 0.245 e. The SMILES string of the molecule is CC[C@H](C)[C@@H]([C@@H](CC(=O)N1CCC[C@H]1[C@H](OC)[C@@H](C)C(=O)N[C@@H](Cc1ccccc1)C(=O)C(C)C)OC)N(C)C(=O)[C@@H](NC(=O)[C@@H](NC)C(C)C)C(C)C. The zero-order valence-electron chi connectivity index (χ0n) is 35.3. The molecular formula is C42H71N5O7. The minimum Gasteiger partial charge on any atom is -0.379 e. The highest BCUT2D eigenvalue weighted by atomic mass is 16.5. The minimum atomic E-state index is -0.766. The number of nitrogens with one attached hydrogen (secondary N) is 3. The van der Waals surface area contributed by atoms with Crippen molar-refractivity contribution in [3.05, 3.63) is 35.9 Å². The highest BCUT2D eigenvalue weighted by Gasteiger charge is 2.43. The van der Waals surface area contributed by atoms with Gasteiger partial charge in [-0.05, 0) is 49.6 Å². The number of rotatable bonds is 22. The van der Waals surface area contributed by atoms with Crippen LogP contribution in [0.5, 0.6) is 0 Å². The van der Waals surface area contributed by atoms with Crippen LogP contribution in [0.2, 0.25) is 0 Å². The third kappa shape index (κ3) is 12.3. The molecule has 1 aromatic rings. The average molecular weight is 758 g/mol. The topological polar surface area (TPSA) is 146 Å². The largest absolute Gasteiger partial charge is 0.379 e. The number of carbonyl (C=O) groups is 5. The molecule has 1 aromatic carbocycles. The van der Waals surface area contributed by atoms with Gasteiger partial charge < -0.3 is 35.2 Å². The quantitative estimate of drug-likeness (QED) is 0.159. The second kappa shape index (κ2) is 22.3. The molecule has 1 fully saturated rings. The number of ketones is 1. The Bertz CT molecular complexity index is 1360. The predicted molar refractivity (Wildman–Crippen MR) is 212 cm³/mol. The van der Waals surface area contributed by atoms with Gasteiger partial charge in [0.25, 0.3) is 0 Å². The lowest BCUT2D eigenvalue weighted by molar-refractivity contribution is -0.148. The van der Waals surface area contributed by atoms with Crippen molar-refractivity contribution >= 4 is 29.4 Å². The lowest BCUT2D eigenvalue weighted by Crippen LogP contribution is -2.59. The van der Waals surface area contributed by atoms with Gasteiger partial charge >= 0.3 is 0 Å². The summed E-state index contributed by atoms with van der Waals surface area (Å²) in [6.45, 7) is 17.7. The summed E-state index contributed by atoms with van der Waals surface area (Å²) < 4.78 is 12.0. The molecule has 1 aliphatic heterocycles. The number of nitrogens with zero attached hydrogens (tertiary/aromatic N) is 2. The molecule has 4 amide bonds. The lowest BCUT2D eigenvalue weighted by atomic mass is 9.89. The third-order valence-corrected chi connectivity index (χ3v) is 11.3. The van der Waals surface area contributed by atoms with Crippen LogP contribution in [0.4, 0.5) is 0 Å². The van der Waals surface area contributed by atoms with E-state index in [9.17, 15) is 24.0 Å². The second-order valence-corrected chi connectivity index (χ2v) is 16.1. The molecule has 2 rings (SSSR count). The van der Waals surface area contributed by atoms with Gasteiger partial charge in [0.05, 0.1) is 48.7 Å². The first-order valence-electron chi connectivity index (χ1n) is 19.9. The summed E-state index contributed by atoms with van der Waals surface area (Å²) in [4.78, 5) is 72.1. The Morgan fingerprint density at radius 1 is 0.870 bits per heavy atom. The second-order valence-electron chi connectivity index (χ2n) is 16.1. The molecule has 0 unspecified atom stereocenters. The molecule has 0 aliphatic carbocycles. The van der Waals surface area contributed by atoms with Crippen molar-refractivity contribution in [3.63, 3.8) is 0 Å². The number of hydrogen-bond donors (Lipinski definition) is 3. The molecule has 12 nitrogen and oxygen atoms in total. The monoisotopic (exact) mass is 758 g/mol. The lowest BCUT2D eigenvalue weighted by Gasteiger charge is -2.41. The standard InChI is InChI=1S/C42H71N5O7/c1-14-28(8)37(46(11)42(52)36(26(4)5)45-41(51)35(43-10)25(2)3)33(53-12)24-34(48)47-22-18-21-32(47)39(54-13)29(9)40(50)44-31(38(49)27(6)7)23-30-19-16-15-17-20-30/h15-17,19-20,25-29,31-33,35-37,39,43H,14,18,21-24H2,1-13H3,(H,44,50)(H,45,51)/t28-,29+,31-,32-,33+,35-,36-,37-,39+/m0/s1. The molecule has 54 heavy (non-hydrogen) atoms. The molecular weight excluding hydrogens is 686 g/mol. The van der Waals surface area contributed by atoms with Gasteiger partial charge in [-0.3, -0.25) is 24.0 Å². The van der Waals surface area contributed by atoms with E-state index >= 15 is 0 Å². The molecule has 0 saturated carbocycles. The Balaban J connectivity index is 2.29. The fourth-order valence-corrected chi connectivity index (χ4v) is 7.83. The van der Waals surface area contributed by atoms with Crippen molar-refractivity contribution in [2.45, 2.75) is 137 Å². The molecule has 0 spiro atoms. The van der Waals surface area contributed by atoms with E-state index in [1.54, 1.807) is 45.0 Å². The number of likely N-dealkylation sites (tertiary alicyclic amines) is 1. The number of amides is 4. The average Bonchev–Trinajstić information content (AvgIpc) is 3.62. The summed E-state index contributed by atoms with van der Waals surface area (Å²) in [6.07, 6.45) is 1.30. The number of ether oxygens (including phenoxy) is 2. The van der Waals surface area contributed by atoms with Gasteiger partial charge in [-0.1, -0.05) is 99.1 Å². The summed E-state index contributed by atoms with van der Waals surface area (Å²) in [5, 5.41) is 9.05. The first-order chi connectivity index (χ1) is 25.4. The van der Waals surface area contributed by atoms with Gasteiger partial charge in [0.2, 0.25) is 23.6 Å². The number of hydrogen-bond acceptors (Lipinski definition) is 8. The molecule has 3 N–H and O–H groups in total. The summed E-state index contributed by atoms with van der Waals surface area (Å²) in [7, 11) is 6.57. The summed E-state index contributed by atoms with van der Waals surface area (Å²) >= 11 is 0. The van der Waals surface area contributed by atoms with Crippen LogP contribution >= 0.6 is 0 Å². The number of methoxy groups -OCH3 is 2. The Labute approximate surface area is 325 Å². The van der Waals surface area contributed by atoms with Crippen molar-refractivity contribution in [2.75, 3.05) is 34.9 Å². The first-order valence-corrected chi connectivity index (χ1v) is 19.9. The zero-order chi connectivity index (χ0) is 40.9. The first kappa shape index (κ1) is 46.8. The fourth-order valence-electron chi connectivity index (χ4n) is 7.83. The number of benzene rings is 1. The third-order valence-electron chi connectivity index (χ3n) is 11.3. The zero-order valence-corrected chi connectivity index (χ0v) is 35.3. The van der Waals surface area contributed by atoms with Crippen molar-refractivity contribution in [3.8, 4) is 0 Å². The highest BCUT2D eigenvalue weighted by Crippen LogP contribution is 2.30. The van der Waals surface area contributed by atoms with Gasteiger partial charge in [-0.25, -0.2) is 0 Å². The molecule has 0 aromatic heterocycles. The normalized spacial score (nSPS) is 19.1. The van der Waals surface area contributed by atoms with E-state index in [1.807, 2.05) is 85.7 Å². The summed E-state index contributed by atoms with van der Waals surface area (Å²) in [5.74, 6) is -2.05. The van der Waals surface area contributed by atoms with Gasteiger partial charge in [0.1, 0.15) is 6.04 Å². The van der Waals surface area contributed by atoms with Crippen molar-refractivity contribution in [1.82, 2.24) is 25.8 Å². The van der Waals surface area contributed by atoms with E-state index in [2.05, 4.69) is 16.0 Å². The maximum absolute atomic E-state index is 14.2. The van der Waals surface area contributed by atoms with Gasteiger partial charge in [0.15, 0.2) is 5.78 Å². The molecule has 1 aliphatic rings. The molecule has 306 valence electrons. The van der Waals surface area contributed by atoms with Crippen LogP contribution < -0.4 is 16.0 Å². The minimum absolute atomic E-state index is 0.0204. The van der Waals surface area contributed by atoms with Crippen molar-refractivity contribution in [1.29, 1.82) is 0 Å². The maximum atomic E-state index is 14.2. The summed E-state index contributed by atoms with van der Waals surface area (Å²) in [6, 6.07) is 6.89. The van der Waals surface area contributed by atoms with Gasteiger partial charge in [0, 0.05) is 33.7 Å². The van der Waals surface area contributed by atoms with E-state index in [0.717, 1.165) is 18.4 Å². The van der Waals surface area contributed by atoms with E-state index in [0.29, 0.717) is 19.4 Å². The Kier molecular flexibility index (Phi) is 19.3. The van der Waals surface area contributed by atoms with Crippen LogP contribution in [0.3, 0.4) is 0 Å². The van der Waals surface area contributed by atoms with Gasteiger partial charge in [-0.15, -0.1) is 0 Å². The molecule has 1 heterocycles. The van der Waals surface area contributed by atoms with E-state index < -0.39 is 42.3 Å². The Hall–Kier alpha value is -3.35. The molecule has 0 radical (unpaired) electrons. The van der Waals surface area contributed by atoms with Crippen LogP contribution in [0.15, 0.2) is 30.3 Å². The van der Waals surface area contributed by atoms with E-state index in [1.165, 1.54) is 0 Å². The van der Waals surface area contributed by atoms with Crippen molar-refractivity contribution in [2.24, 2.45) is 29.6 Å². The Morgan fingerprint density at radius 2 is 1.48 bits per heavy atom. The van der Waals surface area contributed by atoms with E-state index in [4.69, 9.17) is 9.47 Å². The molecule has 9 atom stereocenters. The number of likely N-dealkylation sites (N-methyl/N-ethyl adjacent to an activating group) is 2. The van der Waals surface area contributed by atoms with Crippen LogP contribution in [0, 0.1) is 29.6 Å². The number of carbonyl (C=O) groups excluding carboxylic acids is 5. The summed E-state index contributed by atoms with van der Waals surface area (Å²) in [5.41, 5.74) is 0.953. The van der Waals surface area contributed by atoms with Crippen LogP contribution in [0.25, 0.3) is 0 Å². The van der Waals surface area contributed by atoms with E-state index in [-0.39, 0.29) is 65.5 Å². The van der Waals surface area contributed by atoms with Gasteiger partial charge in [-0.2, -0.15) is 0 Å². The molecule has 1 saturated heterocycles. The number of Topliss-reactive ketones (excluding diaryl/α,β-unsaturated/α-hetero) is 1. The fraction of sp³-hybridized carbons (Fsp3) is 0.738. The highest BCUT2D eigenvalue weighted by molar-refractivity contribution is 5.91. The van der Waals surface area contributed by atoms with Crippen LogP contribution in [-0.2, 0) is 39.9 Å². The van der Waals surface area contributed by atoms with Crippen LogP contribution in [0.1, 0.15) is 93.6 Å². The molecule has 12 heteroatoms. The van der Waals surface area contributed by atoms with Crippen molar-refractivity contribution < 1.29 is 33.4 Å². The van der Waals surface area contributed by atoms with Crippen LogP contribution in [-0.4, -0.2) is 116 Å². The molecule has 0 bridgehead atoms. The Morgan fingerprint density at radius 3 is 1.98 bits per heavy atom.